The van der Waals surface area contributed by atoms with Crippen molar-refractivity contribution < 1.29 is 10.2 Å². The molecule has 2 aromatic rings. The number of hydrogen-bond donors (Lipinski definition) is 3. The Bertz CT molecular complexity index is 451. The fourth-order valence-corrected chi connectivity index (χ4v) is 1.23. The molecule has 1 heterocycles. The molecule has 0 saturated carbocycles. The van der Waals surface area contributed by atoms with Crippen LogP contribution in [0.5, 0.6) is 11.9 Å². The Labute approximate surface area is 80.1 Å². The van der Waals surface area contributed by atoms with Crippen LogP contribution in [0.1, 0.15) is 0 Å². The van der Waals surface area contributed by atoms with Crippen molar-refractivity contribution in [3.05, 3.63) is 30.3 Å². The van der Waals surface area contributed by atoms with Crippen molar-refractivity contribution in [3.63, 3.8) is 0 Å². The summed E-state index contributed by atoms with van der Waals surface area (Å²) in [6.45, 7) is 0. The third-order valence-corrected chi connectivity index (χ3v) is 1.88. The molecule has 0 aliphatic heterocycles. The van der Waals surface area contributed by atoms with Crippen molar-refractivity contribution >= 4 is 5.82 Å². The van der Waals surface area contributed by atoms with E-state index in [1.54, 1.807) is 24.3 Å². The number of benzene rings is 1. The van der Waals surface area contributed by atoms with Crippen LogP contribution in [0.25, 0.3) is 5.69 Å². The Morgan fingerprint density at radius 3 is 2.29 bits per heavy atom. The van der Waals surface area contributed by atoms with Gasteiger partial charge in [0.25, 0.3) is 0 Å². The molecular formula is C9H9N3O2. The normalized spacial score (nSPS) is 10.3. The van der Waals surface area contributed by atoms with E-state index in [0.717, 1.165) is 4.57 Å². The van der Waals surface area contributed by atoms with Crippen molar-refractivity contribution in [2.45, 2.75) is 0 Å². The highest BCUT2D eigenvalue weighted by atomic mass is 16.3. The summed E-state index contributed by atoms with van der Waals surface area (Å²) in [4.78, 5) is 3.53. The third-order valence-electron chi connectivity index (χ3n) is 1.88. The zero-order chi connectivity index (χ0) is 10.1. The highest BCUT2D eigenvalue weighted by Crippen LogP contribution is 2.29. The summed E-state index contributed by atoms with van der Waals surface area (Å²) in [6, 6.07) is 8.51. The summed E-state index contributed by atoms with van der Waals surface area (Å²) in [7, 11) is 0. The van der Waals surface area contributed by atoms with Crippen LogP contribution < -0.4 is 5.73 Å². The van der Waals surface area contributed by atoms with Gasteiger partial charge in [0.05, 0.1) is 5.69 Å². The number of nitrogens with zero attached hydrogens (tertiary/aromatic N) is 2. The fraction of sp³-hybridized carbons (Fsp3) is 0. The van der Waals surface area contributed by atoms with E-state index in [1.807, 2.05) is 6.07 Å². The van der Waals surface area contributed by atoms with Crippen LogP contribution in [0.2, 0.25) is 0 Å². The summed E-state index contributed by atoms with van der Waals surface area (Å²) in [5, 5.41) is 18.9. The van der Waals surface area contributed by atoms with Crippen molar-refractivity contribution in [1.29, 1.82) is 0 Å². The minimum Gasteiger partial charge on any atom is -0.491 e. The topological polar surface area (TPSA) is 84.3 Å². The van der Waals surface area contributed by atoms with Crippen LogP contribution in [-0.2, 0) is 0 Å². The molecular weight excluding hydrogens is 182 g/mol. The highest BCUT2D eigenvalue weighted by Gasteiger charge is 2.14. The Kier molecular flexibility index (Phi) is 1.78. The van der Waals surface area contributed by atoms with Gasteiger partial charge in [-0.15, -0.1) is 0 Å². The smallest absolute Gasteiger partial charge is 0.303 e. The van der Waals surface area contributed by atoms with Gasteiger partial charge in [-0.25, -0.2) is 4.57 Å². The zero-order valence-electron chi connectivity index (χ0n) is 7.25. The van der Waals surface area contributed by atoms with Crippen LogP contribution in [0.4, 0.5) is 5.82 Å². The van der Waals surface area contributed by atoms with E-state index in [-0.39, 0.29) is 17.7 Å². The van der Waals surface area contributed by atoms with Gasteiger partial charge in [0.2, 0.25) is 5.88 Å². The summed E-state index contributed by atoms with van der Waals surface area (Å²) >= 11 is 0. The lowest BCUT2D eigenvalue weighted by atomic mass is 10.3. The lowest BCUT2D eigenvalue weighted by Crippen LogP contribution is -1.92. The molecule has 2 rings (SSSR count). The average Bonchev–Trinajstić information content (AvgIpc) is 2.43. The van der Waals surface area contributed by atoms with E-state index >= 15 is 0 Å². The second-order valence-electron chi connectivity index (χ2n) is 2.79. The molecule has 0 amide bonds. The second kappa shape index (κ2) is 2.95. The molecule has 0 bridgehead atoms. The molecule has 5 heteroatoms. The van der Waals surface area contributed by atoms with Gasteiger partial charge in [-0.3, -0.25) is 0 Å². The highest BCUT2D eigenvalue weighted by molar-refractivity contribution is 5.50. The van der Waals surface area contributed by atoms with Crippen LogP contribution >= 0.6 is 0 Å². The van der Waals surface area contributed by atoms with E-state index in [2.05, 4.69) is 4.98 Å². The second-order valence-corrected chi connectivity index (χ2v) is 2.79. The number of nitrogens with two attached hydrogens (primary N) is 1. The summed E-state index contributed by atoms with van der Waals surface area (Å²) < 4.78 is 1.16. The summed E-state index contributed by atoms with van der Waals surface area (Å²) in [5.41, 5.74) is 5.94. The molecule has 72 valence electrons. The number of para-hydroxylation sites is 1. The van der Waals surface area contributed by atoms with Crippen LogP contribution in [-0.4, -0.2) is 19.8 Å². The first kappa shape index (κ1) is 8.43. The Balaban J connectivity index is 2.62. The molecule has 1 aromatic carbocycles. The number of aromatic hydroxyl groups is 2. The molecule has 14 heavy (non-hydrogen) atoms. The van der Waals surface area contributed by atoms with Gasteiger partial charge in [-0.1, -0.05) is 18.2 Å². The van der Waals surface area contributed by atoms with Crippen LogP contribution in [0, 0.1) is 0 Å². The maximum atomic E-state index is 9.49. The van der Waals surface area contributed by atoms with Crippen LogP contribution in [0.15, 0.2) is 30.3 Å². The van der Waals surface area contributed by atoms with E-state index < -0.39 is 0 Å². The first-order valence-corrected chi connectivity index (χ1v) is 4.01. The van der Waals surface area contributed by atoms with E-state index in [9.17, 15) is 10.2 Å². The van der Waals surface area contributed by atoms with Crippen molar-refractivity contribution in [2.75, 3.05) is 5.73 Å². The summed E-state index contributed by atoms with van der Waals surface area (Å²) in [6.07, 6.45) is 0. The zero-order valence-corrected chi connectivity index (χ0v) is 7.25. The van der Waals surface area contributed by atoms with Gasteiger partial charge in [0.15, 0.2) is 5.82 Å². The molecule has 1 aromatic heterocycles. The standard InChI is InChI=1S/C9H9N3O2/c10-7-8(13)12(9(14)11-7)6-4-2-1-3-5-6/h1-5,13H,10H2,(H,11,14). The van der Waals surface area contributed by atoms with E-state index in [0.29, 0.717) is 5.69 Å². The van der Waals surface area contributed by atoms with Gasteiger partial charge < -0.3 is 15.9 Å². The van der Waals surface area contributed by atoms with Crippen molar-refractivity contribution in [3.8, 4) is 17.6 Å². The molecule has 0 radical (unpaired) electrons. The maximum Gasteiger partial charge on any atom is 0.303 e. The Morgan fingerprint density at radius 1 is 1.14 bits per heavy atom. The van der Waals surface area contributed by atoms with Gasteiger partial charge in [-0.2, -0.15) is 4.98 Å². The SMILES string of the molecule is Nc1nc(O)n(-c2ccccc2)c1O. The lowest BCUT2D eigenvalue weighted by Gasteiger charge is -2.03. The number of nitrogen functional groups attached to an aromatic ring is 1. The number of aromatic nitrogens is 2. The molecule has 0 unspecified atom stereocenters. The first-order valence-electron chi connectivity index (χ1n) is 4.01. The minimum absolute atomic E-state index is 0.0913. The molecule has 4 N–H and O–H groups in total. The van der Waals surface area contributed by atoms with Gasteiger partial charge in [0, 0.05) is 0 Å². The first-order chi connectivity index (χ1) is 6.70. The lowest BCUT2D eigenvalue weighted by molar-refractivity contribution is 0.395. The average molecular weight is 191 g/mol. The number of anilines is 1. The molecule has 5 nitrogen and oxygen atoms in total. The molecule has 0 aliphatic carbocycles. The van der Waals surface area contributed by atoms with E-state index in [1.165, 1.54) is 0 Å². The Morgan fingerprint density at radius 2 is 1.79 bits per heavy atom. The molecule has 0 atom stereocenters. The summed E-state index contributed by atoms with van der Waals surface area (Å²) in [5.74, 6) is -0.347. The minimum atomic E-state index is -0.328. The molecule has 0 spiro atoms. The van der Waals surface area contributed by atoms with Crippen LogP contribution in [0.3, 0.4) is 0 Å². The predicted molar refractivity (Wildman–Crippen MR) is 51.3 cm³/mol. The van der Waals surface area contributed by atoms with Gasteiger partial charge in [0.1, 0.15) is 0 Å². The molecule has 0 fully saturated rings. The van der Waals surface area contributed by atoms with Gasteiger partial charge >= 0.3 is 6.01 Å². The van der Waals surface area contributed by atoms with E-state index in [4.69, 9.17) is 5.73 Å². The predicted octanol–water partition coefficient (Wildman–Crippen LogP) is 0.866. The largest absolute Gasteiger partial charge is 0.491 e. The molecule has 0 aliphatic rings. The van der Waals surface area contributed by atoms with Gasteiger partial charge in [-0.05, 0) is 12.1 Å². The Hall–Kier alpha value is -2.17. The quantitative estimate of drug-likeness (QED) is 0.624. The molecule has 0 saturated heterocycles. The third kappa shape index (κ3) is 1.15. The fourth-order valence-electron chi connectivity index (χ4n) is 1.23. The number of hydrogen-bond acceptors (Lipinski definition) is 4. The number of imidazole rings is 1. The monoisotopic (exact) mass is 191 g/mol. The maximum absolute atomic E-state index is 9.49. The number of rotatable bonds is 1. The van der Waals surface area contributed by atoms with Crippen molar-refractivity contribution in [2.24, 2.45) is 0 Å². The van der Waals surface area contributed by atoms with Crippen molar-refractivity contribution in [1.82, 2.24) is 9.55 Å².